The number of rotatable bonds is 8. The summed E-state index contributed by atoms with van der Waals surface area (Å²) in [6.45, 7) is 3.01. The molecular weight excluding hydrogens is 296 g/mol. The molecule has 0 atom stereocenters. The standard InChI is InChI=1S/C16H24N4OS/c1-12-17-16(19-18-12)22-11-14-10-13(6-5-9-20(2)3)7-8-15(14)21-4/h7-8,10H,5-6,9,11H2,1-4H3,(H,17,18,19). The minimum atomic E-state index is 0.776. The maximum Gasteiger partial charge on any atom is 0.208 e. The van der Waals surface area contributed by atoms with Crippen LogP contribution in [0.5, 0.6) is 5.75 Å². The van der Waals surface area contributed by atoms with Crippen molar-refractivity contribution in [1.29, 1.82) is 0 Å². The molecule has 2 rings (SSSR count). The van der Waals surface area contributed by atoms with Crippen molar-refractivity contribution in [2.45, 2.75) is 30.7 Å². The van der Waals surface area contributed by atoms with Crippen LogP contribution in [-0.2, 0) is 12.2 Å². The molecule has 1 aromatic carbocycles. The summed E-state index contributed by atoms with van der Waals surface area (Å²) in [6, 6.07) is 6.45. The van der Waals surface area contributed by atoms with Crippen LogP contribution in [0.3, 0.4) is 0 Å². The van der Waals surface area contributed by atoms with Crippen molar-refractivity contribution < 1.29 is 4.74 Å². The normalized spacial score (nSPS) is 11.1. The fourth-order valence-electron chi connectivity index (χ4n) is 2.23. The Morgan fingerprint density at radius 3 is 2.77 bits per heavy atom. The highest BCUT2D eigenvalue weighted by atomic mass is 32.2. The van der Waals surface area contributed by atoms with Crippen LogP contribution in [0.25, 0.3) is 0 Å². The molecule has 2 aromatic rings. The van der Waals surface area contributed by atoms with Crippen LogP contribution in [0.4, 0.5) is 0 Å². The molecule has 0 saturated carbocycles. The van der Waals surface area contributed by atoms with Crippen molar-refractivity contribution in [3.8, 4) is 5.75 Å². The number of thioether (sulfide) groups is 1. The SMILES string of the molecule is COc1ccc(CCCN(C)C)cc1CSc1n[nH]c(C)n1. The first kappa shape index (κ1) is 16.8. The van der Waals surface area contributed by atoms with Gasteiger partial charge in [0.25, 0.3) is 0 Å². The average Bonchev–Trinajstić information content (AvgIpc) is 2.90. The van der Waals surface area contributed by atoms with Gasteiger partial charge in [0.05, 0.1) is 7.11 Å². The smallest absolute Gasteiger partial charge is 0.208 e. The van der Waals surface area contributed by atoms with Gasteiger partial charge in [0.2, 0.25) is 5.16 Å². The van der Waals surface area contributed by atoms with Crippen LogP contribution in [0.15, 0.2) is 23.4 Å². The summed E-state index contributed by atoms with van der Waals surface area (Å²) < 4.78 is 5.47. The Balaban J connectivity index is 2.00. The summed E-state index contributed by atoms with van der Waals surface area (Å²) in [5, 5.41) is 7.80. The monoisotopic (exact) mass is 320 g/mol. The van der Waals surface area contributed by atoms with E-state index in [1.165, 1.54) is 11.1 Å². The Morgan fingerprint density at radius 1 is 1.32 bits per heavy atom. The number of nitrogens with zero attached hydrogens (tertiary/aromatic N) is 3. The number of aromatic amines is 1. The summed E-state index contributed by atoms with van der Waals surface area (Å²) >= 11 is 1.62. The van der Waals surface area contributed by atoms with Crippen LogP contribution in [0.2, 0.25) is 0 Å². The van der Waals surface area contributed by atoms with Gasteiger partial charge in [-0.05, 0) is 52.0 Å². The predicted molar refractivity (Wildman–Crippen MR) is 90.5 cm³/mol. The molecule has 1 heterocycles. The van der Waals surface area contributed by atoms with E-state index < -0.39 is 0 Å². The first-order valence-electron chi connectivity index (χ1n) is 7.41. The van der Waals surface area contributed by atoms with Crippen molar-refractivity contribution in [3.05, 3.63) is 35.2 Å². The third-order valence-electron chi connectivity index (χ3n) is 3.35. The highest BCUT2D eigenvalue weighted by Gasteiger charge is 2.08. The molecule has 1 aromatic heterocycles. The first-order chi connectivity index (χ1) is 10.6. The van der Waals surface area contributed by atoms with Crippen molar-refractivity contribution in [3.63, 3.8) is 0 Å². The zero-order valence-electron chi connectivity index (χ0n) is 13.7. The maximum atomic E-state index is 5.47. The molecular formula is C16H24N4OS. The van der Waals surface area contributed by atoms with Gasteiger partial charge >= 0.3 is 0 Å². The zero-order chi connectivity index (χ0) is 15.9. The zero-order valence-corrected chi connectivity index (χ0v) is 14.5. The molecule has 0 fully saturated rings. The molecule has 1 N–H and O–H groups in total. The van der Waals surface area contributed by atoms with Crippen LogP contribution < -0.4 is 4.74 Å². The third kappa shape index (κ3) is 5.03. The molecule has 22 heavy (non-hydrogen) atoms. The van der Waals surface area contributed by atoms with E-state index in [-0.39, 0.29) is 0 Å². The number of methoxy groups -OCH3 is 1. The van der Waals surface area contributed by atoms with E-state index in [9.17, 15) is 0 Å². The van der Waals surface area contributed by atoms with Gasteiger partial charge in [-0.15, -0.1) is 5.10 Å². The lowest BCUT2D eigenvalue weighted by molar-refractivity contribution is 0.399. The number of benzene rings is 1. The van der Waals surface area contributed by atoms with Gasteiger partial charge < -0.3 is 9.64 Å². The topological polar surface area (TPSA) is 54.0 Å². The van der Waals surface area contributed by atoms with Gasteiger partial charge in [-0.3, -0.25) is 5.10 Å². The number of aryl methyl sites for hydroxylation is 2. The second kappa shape index (κ2) is 8.19. The van der Waals surface area contributed by atoms with Crippen molar-refractivity contribution >= 4 is 11.8 Å². The van der Waals surface area contributed by atoms with Crippen molar-refractivity contribution in [2.24, 2.45) is 0 Å². The maximum absolute atomic E-state index is 5.47. The molecule has 0 radical (unpaired) electrons. The number of hydrogen-bond acceptors (Lipinski definition) is 5. The average molecular weight is 320 g/mol. The van der Waals surface area contributed by atoms with Crippen molar-refractivity contribution in [1.82, 2.24) is 20.1 Å². The van der Waals surface area contributed by atoms with Gasteiger partial charge in [0.15, 0.2) is 0 Å². The van der Waals surface area contributed by atoms with Gasteiger partial charge in [-0.25, -0.2) is 4.98 Å². The largest absolute Gasteiger partial charge is 0.496 e. The van der Waals surface area contributed by atoms with E-state index in [1.54, 1.807) is 18.9 Å². The van der Waals surface area contributed by atoms with E-state index in [2.05, 4.69) is 52.4 Å². The summed E-state index contributed by atoms with van der Waals surface area (Å²) in [4.78, 5) is 6.54. The molecule has 0 aliphatic carbocycles. The summed E-state index contributed by atoms with van der Waals surface area (Å²) in [7, 11) is 5.93. The second-order valence-electron chi connectivity index (χ2n) is 5.55. The van der Waals surface area contributed by atoms with Gasteiger partial charge in [0, 0.05) is 11.3 Å². The molecule has 0 unspecified atom stereocenters. The minimum Gasteiger partial charge on any atom is -0.496 e. The van der Waals surface area contributed by atoms with Crippen LogP contribution in [0, 0.1) is 6.92 Å². The quantitative estimate of drug-likeness (QED) is 0.758. The Bertz CT molecular complexity index is 598. The summed E-state index contributed by atoms with van der Waals surface area (Å²) in [5.41, 5.74) is 2.54. The van der Waals surface area contributed by atoms with E-state index in [1.807, 2.05) is 6.92 Å². The highest BCUT2D eigenvalue weighted by molar-refractivity contribution is 7.98. The highest BCUT2D eigenvalue weighted by Crippen LogP contribution is 2.27. The van der Waals surface area contributed by atoms with E-state index in [0.717, 1.165) is 41.9 Å². The number of ether oxygens (including phenoxy) is 1. The first-order valence-corrected chi connectivity index (χ1v) is 8.39. The molecule has 120 valence electrons. The lowest BCUT2D eigenvalue weighted by Crippen LogP contribution is -2.13. The molecule has 0 bridgehead atoms. The Morgan fingerprint density at radius 2 is 2.14 bits per heavy atom. The van der Waals surface area contributed by atoms with E-state index in [0.29, 0.717) is 0 Å². The van der Waals surface area contributed by atoms with E-state index >= 15 is 0 Å². The number of H-pyrrole nitrogens is 1. The molecule has 0 spiro atoms. The Kier molecular flexibility index (Phi) is 6.27. The molecule has 0 saturated heterocycles. The number of hydrogen-bond donors (Lipinski definition) is 1. The Hall–Kier alpha value is -1.53. The predicted octanol–water partition coefficient (Wildman–Crippen LogP) is 2.91. The lowest BCUT2D eigenvalue weighted by atomic mass is 10.1. The van der Waals surface area contributed by atoms with Crippen LogP contribution >= 0.6 is 11.8 Å². The van der Waals surface area contributed by atoms with Gasteiger partial charge in [-0.2, -0.15) is 0 Å². The molecule has 0 aliphatic heterocycles. The van der Waals surface area contributed by atoms with Gasteiger partial charge in [-0.1, -0.05) is 23.9 Å². The number of nitrogens with one attached hydrogen (secondary N) is 1. The molecule has 6 heteroatoms. The van der Waals surface area contributed by atoms with Crippen molar-refractivity contribution in [2.75, 3.05) is 27.7 Å². The Labute approximate surface area is 136 Å². The second-order valence-corrected chi connectivity index (χ2v) is 6.49. The number of aromatic nitrogens is 3. The third-order valence-corrected chi connectivity index (χ3v) is 4.25. The molecule has 0 aliphatic rings. The minimum absolute atomic E-state index is 0.776. The molecule has 5 nitrogen and oxygen atoms in total. The fraction of sp³-hybridized carbons (Fsp3) is 0.500. The fourth-order valence-corrected chi connectivity index (χ4v) is 3.05. The van der Waals surface area contributed by atoms with Crippen LogP contribution in [0.1, 0.15) is 23.4 Å². The summed E-state index contributed by atoms with van der Waals surface area (Å²) in [5.74, 6) is 2.57. The molecule has 0 amide bonds. The summed E-state index contributed by atoms with van der Waals surface area (Å²) in [6.07, 6.45) is 2.24. The van der Waals surface area contributed by atoms with Crippen LogP contribution in [-0.4, -0.2) is 47.8 Å². The lowest BCUT2D eigenvalue weighted by Gasteiger charge is -2.12. The van der Waals surface area contributed by atoms with E-state index in [4.69, 9.17) is 4.74 Å². The van der Waals surface area contributed by atoms with Gasteiger partial charge in [0.1, 0.15) is 11.6 Å².